The van der Waals surface area contributed by atoms with Gasteiger partial charge in [0.15, 0.2) is 11.5 Å². The first-order chi connectivity index (χ1) is 13.1. The molecule has 0 spiro atoms. The second-order valence-electron chi connectivity index (χ2n) is 6.88. The molecule has 1 atom stereocenters. The van der Waals surface area contributed by atoms with Gasteiger partial charge in [-0.05, 0) is 57.5 Å². The van der Waals surface area contributed by atoms with Crippen molar-refractivity contribution < 1.29 is 4.79 Å². The number of rotatable bonds is 4. The molecule has 9 heteroatoms. The van der Waals surface area contributed by atoms with Crippen LogP contribution in [0.4, 0.5) is 5.69 Å². The van der Waals surface area contributed by atoms with Gasteiger partial charge in [0.1, 0.15) is 0 Å². The maximum Gasteiger partial charge on any atom is 0.276 e. The van der Waals surface area contributed by atoms with Gasteiger partial charge in [-0.15, -0.1) is 12.4 Å². The van der Waals surface area contributed by atoms with Gasteiger partial charge in [-0.2, -0.15) is 10.2 Å². The molecule has 0 aromatic carbocycles. The Morgan fingerprint density at radius 1 is 1.25 bits per heavy atom. The van der Waals surface area contributed by atoms with Gasteiger partial charge in [0.2, 0.25) is 0 Å². The summed E-state index contributed by atoms with van der Waals surface area (Å²) in [4.78, 5) is 16.9. The van der Waals surface area contributed by atoms with Gasteiger partial charge in [0.05, 0.1) is 23.6 Å². The Kier molecular flexibility index (Phi) is 6.11. The highest BCUT2D eigenvalue weighted by Gasteiger charge is 2.18. The normalized spacial score (nSPS) is 16.4. The predicted molar refractivity (Wildman–Crippen MR) is 109 cm³/mol. The number of hydrogen-bond donors (Lipinski definition) is 2. The number of hydrogen-bond acceptors (Lipinski definition) is 5. The van der Waals surface area contributed by atoms with E-state index in [4.69, 9.17) is 0 Å². The van der Waals surface area contributed by atoms with Crippen molar-refractivity contribution in [3.05, 3.63) is 53.7 Å². The summed E-state index contributed by atoms with van der Waals surface area (Å²) in [7, 11) is 0. The molecule has 1 fully saturated rings. The van der Waals surface area contributed by atoms with Crippen LogP contribution in [0.5, 0.6) is 0 Å². The topological polar surface area (TPSA) is 89.7 Å². The molecule has 28 heavy (non-hydrogen) atoms. The van der Waals surface area contributed by atoms with Crippen molar-refractivity contribution in [2.24, 2.45) is 0 Å². The second kappa shape index (κ2) is 8.53. The molecule has 3 aromatic rings. The van der Waals surface area contributed by atoms with Crippen molar-refractivity contribution in [2.75, 3.05) is 18.4 Å². The first kappa shape index (κ1) is 20.0. The highest BCUT2D eigenvalue weighted by atomic mass is 35.5. The fraction of sp³-hybridized carbons (Fsp3) is 0.368. The number of halogens is 1. The number of pyridine rings is 1. The van der Waals surface area contributed by atoms with E-state index in [9.17, 15) is 4.79 Å². The summed E-state index contributed by atoms with van der Waals surface area (Å²) in [6, 6.07) is 7.71. The van der Waals surface area contributed by atoms with Crippen LogP contribution >= 0.6 is 12.4 Å². The average Bonchev–Trinajstić information content (AvgIpc) is 3.30. The van der Waals surface area contributed by atoms with E-state index in [0.29, 0.717) is 23.2 Å². The summed E-state index contributed by atoms with van der Waals surface area (Å²) < 4.78 is 3.66. The lowest BCUT2D eigenvalue weighted by Gasteiger charge is -2.22. The number of nitrogens with one attached hydrogen (secondary N) is 2. The summed E-state index contributed by atoms with van der Waals surface area (Å²) in [6.45, 7) is 5.86. The number of anilines is 1. The van der Waals surface area contributed by atoms with Crippen LogP contribution in [-0.4, -0.2) is 43.5 Å². The van der Waals surface area contributed by atoms with Crippen molar-refractivity contribution in [1.29, 1.82) is 0 Å². The third kappa shape index (κ3) is 4.23. The largest absolute Gasteiger partial charge is 0.319 e. The lowest BCUT2D eigenvalue weighted by atomic mass is 10.1. The summed E-state index contributed by atoms with van der Waals surface area (Å²) in [6.07, 6.45) is 5.70. The van der Waals surface area contributed by atoms with Crippen LogP contribution in [0.25, 0.3) is 5.82 Å². The first-order valence-corrected chi connectivity index (χ1v) is 9.17. The summed E-state index contributed by atoms with van der Waals surface area (Å²) in [5, 5.41) is 15.1. The van der Waals surface area contributed by atoms with Gasteiger partial charge in [0, 0.05) is 18.4 Å². The van der Waals surface area contributed by atoms with Crippen LogP contribution in [0.1, 0.15) is 40.8 Å². The highest BCUT2D eigenvalue weighted by Crippen LogP contribution is 2.17. The van der Waals surface area contributed by atoms with Crippen LogP contribution in [0, 0.1) is 13.8 Å². The monoisotopic (exact) mass is 401 g/mol. The number of aryl methyl sites for hydroxylation is 2. The van der Waals surface area contributed by atoms with E-state index >= 15 is 0 Å². The van der Waals surface area contributed by atoms with Crippen LogP contribution in [0.2, 0.25) is 0 Å². The maximum absolute atomic E-state index is 12.5. The predicted octanol–water partition coefficient (Wildman–Crippen LogP) is 2.68. The van der Waals surface area contributed by atoms with Crippen molar-refractivity contribution in [2.45, 2.75) is 32.7 Å². The van der Waals surface area contributed by atoms with Crippen molar-refractivity contribution in [3.63, 3.8) is 0 Å². The highest BCUT2D eigenvalue weighted by molar-refractivity contribution is 6.02. The fourth-order valence-electron chi connectivity index (χ4n) is 3.36. The quantitative estimate of drug-likeness (QED) is 0.701. The minimum absolute atomic E-state index is 0. The molecule has 1 aliphatic heterocycles. The van der Waals surface area contributed by atoms with E-state index in [-0.39, 0.29) is 18.3 Å². The lowest BCUT2D eigenvalue weighted by Crippen LogP contribution is -2.32. The zero-order chi connectivity index (χ0) is 18.8. The molecule has 1 amide bonds. The van der Waals surface area contributed by atoms with Crippen LogP contribution in [0.3, 0.4) is 0 Å². The molecule has 0 saturated carbocycles. The van der Waals surface area contributed by atoms with Gasteiger partial charge >= 0.3 is 0 Å². The molecule has 1 unspecified atom stereocenters. The van der Waals surface area contributed by atoms with Crippen LogP contribution < -0.4 is 10.6 Å². The van der Waals surface area contributed by atoms with E-state index in [0.717, 1.165) is 37.3 Å². The number of carbonyl (C=O) groups excluding carboxylic acids is 1. The lowest BCUT2D eigenvalue weighted by molar-refractivity contribution is 0.102. The molecule has 4 rings (SSSR count). The van der Waals surface area contributed by atoms with Crippen LogP contribution in [-0.2, 0) is 0 Å². The number of nitrogens with zero attached hydrogens (tertiary/aromatic N) is 5. The Balaban J connectivity index is 0.00000225. The van der Waals surface area contributed by atoms with Gasteiger partial charge in [-0.1, -0.05) is 0 Å². The number of carbonyl (C=O) groups is 1. The molecule has 3 aromatic heterocycles. The summed E-state index contributed by atoms with van der Waals surface area (Å²) in [5.74, 6) is 0.478. The molecule has 4 heterocycles. The van der Waals surface area contributed by atoms with Crippen LogP contribution in [0.15, 0.2) is 36.7 Å². The second-order valence-corrected chi connectivity index (χ2v) is 6.88. The molecule has 8 nitrogen and oxygen atoms in total. The van der Waals surface area contributed by atoms with Gasteiger partial charge in [0.25, 0.3) is 5.91 Å². The third-order valence-electron chi connectivity index (χ3n) is 4.72. The third-order valence-corrected chi connectivity index (χ3v) is 4.72. The van der Waals surface area contributed by atoms with E-state index in [1.165, 1.54) is 0 Å². The Hall–Kier alpha value is -2.71. The molecular formula is C19H24ClN7O. The van der Waals surface area contributed by atoms with Gasteiger partial charge in [-0.3, -0.25) is 9.48 Å². The zero-order valence-electron chi connectivity index (χ0n) is 15.9. The maximum atomic E-state index is 12.5. The Labute approximate surface area is 169 Å². The number of aromatic nitrogens is 5. The van der Waals surface area contributed by atoms with Crippen molar-refractivity contribution in [1.82, 2.24) is 29.9 Å². The van der Waals surface area contributed by atoms with E-state index < -0.39 is 0 Å². The van der Waals surface area contributed by atoms with Crippen molar-refractivity contribution in [3.8, 4) is 5.82 Å². The van der Waals surface area contributed by atoms with E-state index in [2.05, 4.69) is 25.8 Å². The Bertz CT molecular complexity index is 942. The minimum atomic E-state index is -0.238. The number of piperidine rings is 1. The molecule has 0 radical (unpaired) electrons. The summed E-state index contributed by atoms with van der Waals surface area (Å²) in [5.41, 5.74) is 2.98. The zero-order valence-corrected chi connectivity index (χ0v) is 16.7. The molecule has 1 aliphatic rings. The van der Waals surface area contributed by atoms with E-state index in [1.807, 2.05) is 42.9 Å². The standard InChI is InChI=1S/C19H23N7O.ClH/c1-13-10-14(2)26(23-13)18-6-5-15(11-21-18)22-19(27)17-7-9-25(24-17)16-4-3-8-20-12-16;/h5-7,9-11,16,20H,3-4,8,12H2,1-2H3,(H,22,27);1H. The molecule has 148 valence electrons. The fourth-order valence-corrected chi connectivity index (χ4v) is 3.36. The number of amides is 1. The first-order valence-electron chi connectivity index (χ1n) is 9.17. The molecule has 1 saturated heterocycles. The van der Waals surface area contributed by atoms with Gasteiger partial charge in [-0.25, -0.2) is 9.67 Å². The molecule has 0 bridgehead atoms. The molecule has 2 N–H and O–H groups in total. The van der Waals surface area contributed by atoms with Gasteiger partial charge < -0.3 is 10.6 Å². The van der Waals surface area contributed by atoms with E-state index in [1.54, 1.807) is 16.9 Å². The summed E-state index contributed by atoms with van der Waals surface area (Å²) >= 11 is 0. The minimum Gasteiger partial charge on any atom is -0.319 e. The average molecular weight is 402 g/mol. The smallest absolute Gasteiger partial charge is 0.276 e. The molecular weight excluding hydrogens is 378 g/mol. The Morgan fingerprint density at radius 2 is 2.11 bits per heavy atom. The van der Waals surface area contributed by atoms with Crippen molar-refractivity contribution >= 4 is 24.0 Å². The molecule has 0 aliphatic carbocycles. The Morgan fingerprint density at radius 3 is 2.75 bits per heavy atom. The SMILES string of the molecule is Cc1cc(C)n(-c2ccc(NC(=O)c3ccn(C4CCCNC4)n3)cn2)n1.Cl.